The lowest BCUT2D eigenvalue weighted by Gasteiger charge is -2.12. The summed E-state index contributed by atoms with van der Waals surface area (Å²) >= 11 is 0. The van der Waals surface area contributed by atoms with E-state index in [-0.39, 0.29) is 23.3 Å². The van der Waals surface area contributed by atoms with Crippen LogP contribution in [0.3, 0.4) is 0 Å². The van der Waals surface area contributed by atoms with Gasteiger partial charge in [0.05, 0.1) is 13.3 Å². The van der Waals surface area contributed by atoms with Crippen LogP contribution in [0.2, 0.25) is 0 Å². The lowest BCUT2D eigenvalue weighted by Crippen LogP contribution is -2.15. The Labute approximate surface area is 173 Å². The molecule has 2 amide bonds. The number of carbonyl (C=O) groups is 2. The first-order chi connectivity index (χ1) is 14.3. The Hall–Kier alpha value is -4.21. The maximum Gasteiger partial charge on any atom is 0.255 e. The predicted molar refractivity (Wildman–Crippen MR) is 113 cm³/mol. The molecule has 4 N–H and O–H groups in total. The van der Waals surface area contributed by atoms with Gasteiger partial charge in [0.15, 0.2) is 0 Å². The molecule has 1 aromatic carbocycles. The van der Waals surface area contributed by atoms with E-state index in [2.05, 4.69) is 32.3 Å². The molecule has 0 bridgehead atoms. The minimum absolute atomic E-state index is 0.000413. The third-order valence-electron chi connectivity index (χ3n) is 3.51. The van der Waals surface area contributed by atoms with Crippen LogP contribution in [-0.4, -0.2) is 35.6 Å². The normalized spacial score (nSPS) is 11.4. The first kappa shape index (κ1) is 22.1. The molecule has 0 radical (unpaired) electrons. The number of methoxy groups -OCH3 is 1. The molecule has 0 aliphatic heterocycles. The number of nitrogens with two attached hydrogens (primary N) is 1. The Morgan fingerprint density at radius 2 is 2.03 bits per heavy atom. The van der Waals surface area contributed by atoms with Crippen LogP contribution in [-0.2, 0) is 9.53 Å². The molecule has 156 valence electrons. The summed E-state index contributed by atoms with van der Waals surface area (Å²) in [5.74, 6) is -0.0236. The van der Waals surface area contributed by atoms with Crippen LogP contribution in [0.25, 0.3) is 0 Å². The summed E-state index contributed by atoms with van der Waals surface area (Å²) in [6.45, 7) is 6.53. The van der Waals surface area contributed by atoms with Crippen molar-refractivity contribution in [2.75, 3.05) is 17.7 Å². The zero-order valence-electron chi connectivity index (χ0n) is 16.8. The zero-order valence-corrected chi connectivity index (χ0v) is 16.8. The molecule has 2 rings (SSSR count). The molecule has 2 aromatic rings. The van der Waals surface area contributed by atoms with Crippen molar-refractivity contribution in [3.05, 3.63) is 59.8 Å². The van der Waals surface area contributed by atoms with E-state index < -0.39 is 5.91 Å². The van der Waals surface area contributed by atoms with Crippen LogP contribution >= 0.6 is 0 Å². The molecule has 10 nitrogen and oxygen atoms in total. The smallest absolute Gasteiger partial charge is 0.255 e. The molecule has 30 heavy (non-hydrogen) atoms. The third-order valence-corrected chi connectivity index (χ3v) is 3.51. The van der Waals surface area contributed by atoms with E-state index in [1.807, 2.05) is 0 Å². The van der Waals surface area contributed by atoms with E-state index in [9.17, 15) is 9.59 Å². The Bertz CT molecular complexity index is 1020. The summed E-state index contributed by atoms with van der Waals surface area (Å²) in [6.07, 6.45) is 4.37. The Morgan fingerprint density at radius 1 is 1.27 bits per heavy atom. The predicted octanol–water partition coefficient (Wildman–Crippen LogP) is 2.83. The molecule has 0 aliphatic rings. The van der Waals surface area contributed by atoms with Crippen LogP contribution in [0, 0.1) is 0 Å². The maximum atomic E-state index is 11.7. The van der Waals surface area contributed by atoms with Gasteiger partial charge >= 0.3 is 0 Å². The first-order valence-electron chi connectivity index (χ1n) is 8.70. The van der Waals surface area contributed by atoms with Crippen molar-refractivity contribution < 1.29 is 19.1 Å². The van der Waals surface area contributed by atoms with Gasteiger partial charge in [-0.15, -0.1) is 0 Å². The number of anilines is 2. The van der Waals surface area contributed by atoms with Gasteiger partial charge < -0.3 is 25.8 Å². The molecular formula is C20H22N6O4. The quantitative estimate of drug-likeness (QED) is 0.328. The van der Waals surface area contributed by atoms with Gasteiger partial charge in [0.25, 0.3) is 5.91 Å². The number of carbonyl (C=O) groups excluding carboxylic acids is 2. The van der Waals surface area contributed by atoms with Gasteiger partial charge in [-0.3, -0.25) is 14.6 Å². The molecule has 0 fully saturated rings. The number of benzene rings is 1. The van der Waals surface area contributed by atoms with Gasteiger partial charge in [0.1, 0.15) is 17.1 Å². The van der Waals surface area contributed by atoms with E-state index >= 15 is 0 Å². The second-order valence-electron chi connectivity index (χ2n) is 5.96. The van der Waals surface area contributed by atoms with E-state index in [1.54, 1.807) is 37.3 Å². The highest BCUT2D eigenvalue weighted by atomic mass is 16.5. The Morgan fingerprint density at radius 3 is 2.67 bits per heavy atom. The van der Waals surface area contributed by atoms with Gasteiger partial charge in [-0.05, 0) is 25.8 Å². The van der Waals surface area contributed by atoms with Gasteiger partial charge in [-0.25, -0.2) is 4.98 Å². The third kappa shape index (κ3) is 6.44. The Balaban J connectivity index is 2.32. The van der Waals surface area contributed by atoms with Crippen molar-refractivity contribution in [2.24, 2.45) is 10.7 Å². The van der Waals surface area contributed by atoms with E-state index in [0.717, 1.165) is 0 Å². The number of hydrogen-bond donors (Lipinski definition) is 3. The standard InChI is InChI=1S/C20H22N6O4/c1-12(8-16(29-4)10-22-3)24-20-23-11-17(18(21)28)19(26-20)30-15-7-5-6-14(9-15)25-13(2)27/h5-11H,3H2,1-2,4H3,(H2,21,28)(H,25,27)(H,23,24,26)/b12-8+,16-10+. The molecule has 1 heterocycles. The van der Waals surface area contributed by atoms with Crippen LogP contribution in [0.5, 0.6) is 11.6 Å². The van der Waals surface area contributed by atoms with Crippen LogP contribution in [0.4, 0.5) is 11.6 Å². The summed E-state index contributed by atoms with van der Waals surface area (Å²) in [5.41, 5.74) is 6.57. The van der Waals surface area contributed by atoms with Crippen molar-refractivity contribution in [2.45, 2.75) is 13.8 Å². The molecule has 0 unspecified atom stereocenters. The first-order valence-corrected chi connectivity index (χ1v) is 8.70. The van der Waals surface area contributed by atoms with Gasteiger partial charge in [0, 0.05) is 36.6 Å². The molecule has 1 aromatic heterocycles. The summed E-state index contributed by atoms with van der Waals surface area (Å²) in [7, 11) is 1.50. The molecule has 0 atom stereocenters. The van der Waals surface area contributed by atoms with E-state index in [1.165, 1.54) is 26.4 Å². The van der Waals surface area contributed by atoms with Crippen molar-refractivity contribution >= 4 is 30.2 Å². The number of nitrogens with one attached hydrogen (secondary N) is 2. The van der Waals surface area contributed by atoms with Crippen molar-refractivity contribution in [1.29, 1.82) is 0 Å². The molecule has 0 spiro atoms. The van der Waals surface area contributed by atoms with E-state index in [4.69, 9.17) is 15.2 Å². The highest BCUT2D eigenvalue weighted by Gasteiger charge is 2.15. The second-order valence-corrected chi connectivity index (χ2v) is 5.96. The zero-order chi connectivity index (χ0) is 22.1. The molecular weight excluding hydrogens is 388 g/mol. The SMILES string of the molecule is C=N/C=C(\C=C(/C)Nc1ncc(C(N)=O)c(Oc2cccc(NC(C)=O)c2)n1)OC. The molecule has 0 aliphatic carbocycles. The average Bonchev–Trinajstić information content (AvgIpc) is 2.67. The number of hydrogen-bond acceptors (Lipinski definition) is 8. The topological polar surface area (TPSA) is 141 Å². The number of ether oxygens (including phenoxy) is 2. The summed E-state index contributed by atoms with van der Waals surface area (Å²) in [4.78, 5) is 34.9. The monoisotopic (exact) mass is 410 g/mol. The minimum Gasteiger partial charge on any atom is -0.495 e. The maximum absolute atomic E-state index is 11.7. The highest BCUT2D eigenvalue weighted by Crippen LogP contribution is 2.26. The number of allylic oxidation sites excluding steroid dienone is 2. The van der Waals surface area contributed by atoms with E-state index in [0.29, 0.717) is 22.9 Å². The van der Waals surface area contributed by atoms with Crippen molar-refractivity contribution in [3.8, 4) is 11.6 Å². The summed E-state index contributed by atoms with van der Waals surface area (Å²) in [6, 6.07) is 6.62. The number of nitrogens with zero attached hydrogens (tertiary/aromatic N) is 3. The van der Waals surface area contributed by atoms with Crippen LogP contribution < -0.4 is 21.1 Å². The summed E-state index contributed by atoms with van der Waals surface area (Å²) in [5, 5.41) is 5.61. The minimum atomic E-state index is -0.747. The van der Waals surface area contributed by atoms with Gasteiger partial charge in [-0.1, -0.05) is 6.07 Å². The second kappa shape index (κ2) is 10.4. The van der Waals surface area contributed by atoms with Gasteiger partial charge in [0.2, 0.25) is 17.7 Å². The van der Waals surface area contributed by atoms with Crippen molar-refractivity contribution in [1.82, 2.24) is 9.97 Å². The number of aromatic nitrogens is 2. The van der Waals surface area contributed by atoms with Gasteiger partial charge in [-0.2, -0.15) is 4.98 Å². The fourth-order valence-electron chi connectivity index (χ4n) is 2.29. The number of primary amides is 1. The Kier molecular flexibility index (Phi) is 7.63. The molecule has 10 heteroatoms. The molecule has 0 saturated heterocycles. The fourth-order valence-corrected chi connectivity index (χ4v) is 2.29. The fraction of sp³-hybridized carbons (Fsp3) is 0.150. The largest absolute Gasteiger partial charge is 0.495 e. The highest BCUT2D eigenvalue weighted by molar-refractivity contribution is 5.95. The summed E-state index contributed by atoms with van der Waals surface area (Å²) < 4.78 is 10.9. The van der Waals surface area contributed by atoms with Crippen LogP contribution in [0.1, 0.15) is 24.2 Å². The molecule has 0 saturated carbocycles. The lowest BCUT2D eigenvalue weighted by atomic mass is 10.3. The number of aliphatic imine (C=N–C) groups is 1. The lowest BCUT2D eigenvalue weighted by molar-refractivity contribution is -0.114. The van der Waals surface area contributed by atoms with Crippen molar-refractivity contribution in [3.63, 3.8) is 0 Å². The number of rotatable bonds is 9. The van der Waals surface area contributed by atoms with Crippen LogP contribution in [0.15, 0.2) is 59.2 Å². The average molecular weight is 410 g/mol. The number of amides is 2.